The highest BCUT2D eigenvalue weighted by atomic mass is 14.8. The van der Waals surface area contributed by atoms with Crippen molar-refractivity contribution in [1.82, 2.24) is 34.9 Å². The Kier molecular flexibility index (Phi) is 5.31. The highest BCUT2D eigenvalue weighted by Gasteiger charge is 2.15. The Morgan fingerprint density at radius 2 is 0.756 bits per heavy atom. The maximum absolute atomic E-state index is 5.07. The fourth-order valence-corrected chi connectivity index (χ4v) is 5.50. The normalized spacial score (nSPS) is 11.8. The summed E-state index contributed by atoms with van der Waals surface area (Å²) >= 11 is 0. The first-order chi connectivity index (χ1) is 20.3. The van der Waals surface area contributed by atoms with E-state index in [9.17, 15) is 0 Å². The summed E-state index contributed by atoms with van der Waals surface area (Å²) in [6.45, 7) is 0. The molecule has 0 amide bonds. The Labute approximate surface area is 234 Å². The van der Waals surface area contributed by atoms with E-state index < -0.39 is 0 Å². The van der Waals surface area contributed by atoms with Gasteiger partial charge in [-0.1, -0.05) is 18.2 Å². The molecule has 8 rings (SSSR count). The van der Waals surface area contributed by atoms with Crippen LogP contribution >= 0.6 is 0 Å². The number of pyridine rings is 3. The molecule has 194 valence electrons. The summed E-state index contributed by atoms with van der Waals surface area (Å²) < 4.78 is 0. The molecule has 8 bridgehead atoms. The van der Waals surface area contributed by atoms with Gasteiger partial charge in [-0.25, -0.2) is 4.98 Å². The Morgan fingerprint density at radius 3 is 1.22 bits per heavy atom. The van der Waals surface area contributed by atoms with Gasteiger partial charge >= 0.3 is 0 Å². The van der Waals surface area contributed by atoms with Gasteiger partial charge in [0.15, 0.2) is 0 Å². The van der Waals surface area contributed by atoms with Crippen LogP contribution in [0.4, 0.5) is 0 Å². The van der Waals surface area contributed by atoms with Crippen molar-refractivity contribution in [2.24, 2.45) is 0 Å². The van der Waals surface area contributed by atoms with E-state index in [0.29, 0.717) is 0 Å². The molecule has 7 nitrogen and oxygen atoms in total. The van der Waals surface area contributed by atoms with Gasteiger partial charge < -0.3 is 15.0 Å². The molecule has 7 heteroatoms. The quantitative estimate of drug-likeness (QED) is 0.217. The van der Waals surface area contributed by atoms with Crippen molar-refractivity contribution in [2.45, 2.75) is 0 Å². The molecular formula is C34H23N7. The van der Waals surface area contributed by atoms with E-state index in [0.717, 1.165) is 78.3 Å². The van der Waals surface area contributed by atoms with Crippen molar-refractivity contribution in [3.8, 4) is 33.8 Å². The van der Waals surface area contributed by atoms with Gasteiger partial charge in [-0.3, -0.25) is 15.0 Å². The number of aromatic nitrogens is 7. The summed E-state index contributed by atoms with van der Waals surface area (Å²) in [5.74, 6) is 0. The molecule has 0 aromatic carbocycles. The second-order valence-corrected chi connectivity index (χ2v) is 9.84. The Bertz CT molecular complexity index is 2190. The third kappa shape index (κ3) is 3.99. The second-order valence-electron chi connectivity index (χ2n) is 9.84. The number of H-pyrrole nitrogens is 3. The van der Waals surface area contributed by atoms with Crippen molar-refractivity contribution < 1.29 is 0 Å². The Morgan fingerprint density at radius 1 is 0.366 bits per heavy atom. The van der Waals surface area contributed by atoms with Crippen LogP contribution in [0.1, 0.15) is 11.4 Å². The lowest BCUT2D eigenvalue weighted by Crippen LogP contribution is -1.88. The van der Waals surface area contributed by atoms with E-state index in [4.69, 9.17) is 19.9 Å². The summed E-state index contributed by atoms with van der Waals surface area (Å²) in [5.41, 5.74) is 12.7. The lowest BCUT2D eigenvalue weighted by molar-refractivity contribution is 1.28. The number of hydrogen-bond acceptors (Lipinski definition) is 4. The molecule has 0 aliphatic carbocycles. The van der Waals surface area contributed by atoms with Crippen LogP contribution in [0.2, 0.25) is 0 Å². The molecule has 8 heterocycles. The molecular weight excluding hydrogens is 506 g/mol. The van der Waals surface area contributed by atoms with E-state index in [1.54, 1.807) is 0 Å². The van der Waals surface area contributed by atoms with Crippen LogP contribution in [0.3, 0.4) is 0 Å². The first-order valence-corrected chi connectivity index (χ1v) is 13.4. The molecule has 1 aliphatic rings. The van der Waals surface area contributed by atoms with Crippen LogP contribution in [0.5, 0.6) is 0 Å². The van der Waals surface area contributed by atoms with Gasteiger partial charge in [0, 0.05) is 35.3 Å². The van der Waals surface area contributed by atoms with Crippen LogP contribution < -0.4 is 0 Å². The van der Waals surface area contributed by atoms with E-state index in [-0.39, 0.29) is 0 Å². The van der Waals surface area contributed by atoms with Gasteiger partial charge in [-0.05, 0) is 84.9 Å². The smallest absolute Gasteiger partial charge is 0.0872 e. The van der Waals surface area contributed by atoms with Gasteiger partial charge in [0.25, 0.3) is 0 Å². The van der Waals surface area contributed by atoms with Crippen molar-refractivity contribution >= 4 is 45.3 Å². The minimum absolute atomic E-state index is 0.841. The first-order valence-electron chi connectivity index (χ1n) is 13.4. The number of fused-ring (bicyclic) bond motifs is 9. The summed E-state index contributed by atoms with van der Waals surface area (Å²) in [5, 5.41) is 0. The molecule has 0 spiro atoms. The van der Waals surface area contributed by atoms with E-state index in [1.807, 2.05) is 79.3 Å². The standard InChI is InChI=1S/C34H23N7/c1-4-18-35-23(7-1)32-26-12-10-21(38-26)22-11-13-27(39-22)33(24-8-2-5-19-36-24)29-15-17-31(41-29)34(25-9-3-6-20-37-25)30-16-14-28(32)40-30/h1-20,38,40-41H. The molecule has 0 saturated heterocycles. The van der Waals surface area contributed by atoms with Crippen LogP contribution in [-0.4, -0.2) is 34.9 Å². The first kappa shape index (κ1) is 23.1. The third-order valence-electron chi connectivity index (χ3n) is 7.34. The van der Waals surface area contributed by atoms with Gasteiger partial charge in [0.1, 0.15) is 0 Å². The molecule has 0 saturated carbocycles. The van der Waals surface area contributed by atoms with E-state index in [1.165, 1.54) is 0 Å². The lowest BCUT2D eigenvalue weighted by atomic mass is 10.1. The average molecular weight is 530 g/mol. The summed E-state index contributed by atoms with van der Waals surface area (Å²) in [6.07, 6.45) is 9.54. The fraction of sp³-hybridized carbons (Fsp3) is 0. The highest BCUT2D eigenvalue weighted by molar-refractivity contribution is 5.99. The highest BCUT2D eigenvalue weighted by Crippen LogP contribution is 2.34. The van der Waals surface area contributed by atoms with Crippen LogP contribution in [0, 0.1) is 0 Å². The van der Waals surface area contributed by atoms with E-state index >= 15 is 0 Å². The lowest BCUT2D eigenvalue weighted by Gasteiger charge is -2.04. The SMILES string of the molecule is C1=Cc2nc1c(-c1ccccn1)c1ccc([nH]1)c(-c1ccccn1)c1ccc([nH]1)c(-c1ccccn1)c1ccc2[nH]1. The molecule has 0 unspecified atom stereocenters. The van der Waals surface area contributed by atoms with Crippen molar-refractivity contribution in [1.29, 1.82) is 0 Å². The second kappa shape index (κ2) is 9.43. The van der Waals surface area contributed by atoms with Crippen LogP contribution in [0.15, 0.2) is 110 Å². The van der Waals surface area contributed by atoms with Gasteiger partial charge in [-0.2, -0.15) is 0 Å². The topological polar surface area (TPSA) is 98.9 Å². The molecule has 0 radical (unpaired) electrons. The number of aromatic amines is 3. The minimum atomic E-state index is 0.841. The van der Waals surface area contributed by atoms with Gasteiger partial charge in [-0.15, -0.1) is 0 Å². The summed E-state index contributed by atoms with van der Waals surface area (Å²) in [4.78, 5) is 30.2. The zero-order chi connectivity index (χ0) is 27.2. The Hall–Kier alpha value is -5.82. The molecule has 1 aliphatic heterocycles. The maximum atomic E-state index is 5.07. The third-order valence-corrected chi connectivity index (χ3v) is 7.34. The Balaban J connectivity index is 1.58. The van der Waals surface area contributed by atoms with Crippen molar-refractivity contribution in [3.63, 3.8) is 0 Å². The van der Waals surface area contributed by atoms with Crippen LogP contribution in [-0.2, 0) is 0 Å². The number of nitrogens with zero attached hydrogens (tertiary/aromatic N) is 4. The largest absolute Gasteiger partial charge is 0.354 e. The summed E-state index contributed by atoms with van der Waals surface area (Å²) in [6, 6.07) is 30.4. The molecule has 0 fully saturated rings. The fourth-order valence-electron chi connectivity index (χ4n) is 5.50. The molecule has 7 aromatic heterocycles. The molecule has 7 aromatic rings. The van der Waals surface area contributed by atoms with Crippen molar-refractivity contribution in [3.05, 3.63) is 121 Å². The minimum Gasteiger partial charge on any atom is -0.354 e. The monoisotopic (exact) mass is 529 g/mol. The number of rotatable bonds is 3. The predicted molar refractivity (Wildman–Crippen MR) is 165 cm³/mol. The predicted octanol–water partition coefficient (Wildman–Crippen LogP) is 7.88. The molecule has 3 N–H and O–H groups in total. The zero-order valence-electron chi connectivity index (χ0n) is 21.8. The number of nitrogens with one attached hydrogen (secondary N) is 3. The van der Waals surface area contributed by atoms with Gasteiger partial charge in [0.2, 0.25) is 0 Å². The zero-order valence-corrected chi connectivity index (χ0v) is 21.8. The summed E-state index contributed by atoms with van der Waals surface area (Å²) in [7, 11) is 0. The number of hydrogen-bond donors (Lipinski definition) is 3. The molecule has 41 heavy (non-hydrogen) atoms. The van der Waals surface area contributed by atoms with Crippen LogP contribution in [0.25, 0.3) is 79.0 Å². The van der Waals surface area contributed by atoms with Crippen molar-refractivity contribution in [2.75, 3.05) is 0 Å². The average Bonchev–Trinajstić information content (AvgIpc) is 3.84. The van der Waals surface area contributed by atoms with Gasteiger partial charge in [0.05, 0.1) is 61.6 Å². The molecule has 0 atom stereocenters. The van der Waals surface area contributed by atoms with E-state index in [2.05, 4.69) is 57.4 Å². The maximum Gasteiger partial charge on any atom is 0.0872 e.